The van der Waals surface area contributed by atoms with Crippen LogP contribution in [0, 0.1) is 23.7 Å². The lowest BCUT2D eigenvalue weighted by molar-refractivity contribution is -0.158. The van der Waals surface area contributed by atoms with Crippen LogP contribution in [0.2, 0.25) is 0 Å². The fourth-order valence-electron chi connectivity index (χ4n) is 4.40. The summed E-state index contributed by atoms with van der Waals surface area (Å²) in [5.41, 5.74) is 1.23. The van der Waals surface area contributed by atoms with Crippen molar-refractivity contribution in [3.05, 3.63) is 36.0 Å². The van der Waals surface area contributed by atoms with E-state index in [0.29, 0.717) is 25.2 Å². The Morgan fingerprint density at radius 2 is 2.13 bits per heavy atom. The second kappa shape index (κ2) is 11.7. The van der Waals surface area contributed by atoms with Gasteiger partial charge in [0.05, 0.1) is 5.92 Å². The fraction of sp³-hybridized carbons (Fsp3) is 0.625. The Morgan fingerprint density at radius 3 is 2.80 bits per heavy atom. The molecule has 0 bridgehead atoms. The molecule has 30 heavy (non-hydrogen) atoms. The summed E-state index contributed by atoms with van der Waals surface area (Å²) in [6.45, 7) is 6.47. The summed E-state index contributed by atoms with van der Waals surface area (Å²) < 4.78 is 11.1. The highest BCUT2D eigenvalue weighted by Gasteiger charge is 2.40. The van der Waals surface area contributed by atoms with E-state index in [-0.39, 0.29) is 35.9 Å². The Balaban J connectivity index is 2.11. The molecule has 0 aromatic carbocycles. The number of hydrogen-bond acceptors (Lipinski definition) is 5. The van der Waals surface area contributed by atoms with Crippen molar-refractivity contribution in [3.63, 3.8) is 0 Å². The molecule has 0 fully saturated rings. The lowest BCUT2D eigenvalue weighted by Gasteiger charge is -2.42. The number of carbonyl (C=O) groups excluding carboxylic acids is 2. The number of carboxylic acid groups (broad SMARTS) is 1. The van der Waals surface area contributed by atoms with Crippen LogP contribution >= 0.6 is 0 Å². The Morgan fingerprint density at radius 1 is 1.37 bits per heavy atom. The molecule has 0 radical (unpaired) electrons. The van der Waals surface area contributed by atoms with Crippen LogP contribution in [-0.2, 0) is 23.9 Å². The molecule has 0 aliphatic heterocycles. The van der Waals surface area contributed by atoms with Crippen LogP contribution in [0.5, 0.6) is 0 Å². The maximum absolute atomic E-state index is 12.5. The molecule has 6 heteroatoms. The van der Waals surface area contributed by atoms with Crippen molar-refractivity contribution < 1.29 is 29.0 Å². The predicted molar refractivity (Wildman–Crippen MR) is 113 cm³/mol. The van der Waals surface area contributed by atoms with Gasteiger partial charge >= 0.3 is 11.9 Å². The Bertz CT molecular complexity index is 692. The number of aliphatic carboxylic acids is 1. The third-order valence-corrected chi connectivity index (χ3v) is 6.36. The average molecular weight is 419 g/mol. The monoisotopic (exact) mass is 418 g/mol. The highest BCUT2D eigenvalue weighted by molar-refractivity contribution is 5.79. The molecule has 2 aliphatic rings. The van der Waals surface area contributed by atoms with Crippen molar-refractivity contribution in [3.8, 4) is 0 Å². The largest absolute Gasteiger partial charge is 0.478 e. The summed E-state index contributed by atoms with van der Waals surface area (Å²) in [6.07, 6.45) is 12.9. The molecule has 0 amide bonds. The van der Waals surface area contributed by atoms with Crippen molar-refractivity contribution in [2.75, 3.05) is 0 Å². The molecule has 0 spiro atoms. The number of ether oxygens (including phenoxy) is 2. The summed E-state index contributed by atoms with van der Waals surface area (Å²) in [7, 11) is 0. The summed E-state index contributed by atoms with van der Waals surface area (Å²) in [6, 6.07) is 0. The van der Waals surface area contributed by atoms with Crippen molar-refractivity contribution in [2.24, 2.45) is 23.7 Å². The molecule has 0 heterocycles. The van der Waals surface area contributed by atoms with E-state index in [4.69, 9.17) is 14.6 Å². The van der Waals surface area contributed by atoms with Crippen LogP contribution < -0.4 is 0 Å². The maximum atomic E-state index is 12.5. The molecule has 2 rings (SSSR count). The maximum Gasteiger partial charge on any atom is 0.327 e. The SMILES string of the molecule is CC[C@H](C)C(=O)O[C@H]1CCC=C2C=C[C@H](C)[C@H](CC[C@H](CC=CC(=O)O)OC=O)C21. The molecule has 0 saturated carbocycles. The Labute approximate surface area is 179 Å². The first-order valence-electron chi connectivity index (χ1n) is 10.9. The lowest BCUT2D eigenvalue weighted by atomic mass is 9.66. The first-order chi connectivity index (χ1) is 14.4. The number of carbonyl (C=O) groups is 3. The number of rotatable bonds is 11. The zero-order chi connectivity index (χ0) is 22.1. The highest BCUT2D eigenvalue weighted by atomic mass is 16.5. The number of allylic oxidation sites excluding steroid dienone is 3. The third kappa shape index (κ3) is 6.57. The standard InChI is InChI=1S/C24H34O6/c1-4-16(2)24(28)30-21-9-5-7-18-12-11-17(3)20(23(18)21)14-13-19(29-15-25)8-6-10-22(26)27/h6-7,10-12,15-17,19-21,23H,4-5,8-9,13-14H2,1-3H3,(H,26,27)/t16-,17-,19-,20-,21-,23?/m0/s1. The topological polar surface area (TPSA) is 89.9 Å². The molecule has 166 valence electrons. The summed E-state index contributed by atoms with van der Waals surface area (Å²) in [5, 5.41) is 8.76. The van der Waals surface area contributed by atoms with Crippen molar-refractivity contribution in [1.29, 1.82) is 0 Å². The van der Waals surface area contributed by atoms with Gasteiger partial charge in [-0.2, -0.15) is 0 Å². The number of esters is 1. The molecule has 2 aliphatic carbocycles. The van der Waals surface area contributed by atoms with Crippen LogP contribution in [0.25, 0.3) is 0 Å². The average Bonchev–Trinajstić information content (AvgIpc) is 2.72. The van der Waals surface area contributed by atoms with Gasteiger partial charge < -0.3 is 14.6 Å². The second-order valence-corrected chi connectivity index (χ2v) is 8.38. The lowest BCUT2D eigenvalue weighted by Crippen LogP contribution is -2.40. The van der Waals surface area contributed by atoms with Gasteiger partial charge in [0.2, 0.25) is 0 Å². The molecular formula is C24H34O6. The number of carboxylic acids is 1. The summed E-state index contributed by atoms with van der Waals surface area (Å²) >= 11 is 0. The van der Waals surface area contributed by atoms with Gasteiger partial charge in [-0.3, -0.25) is 9.59 Å². The van der Waals surface area contributed by atoms with Gasteiger partial charge in [-0.15, -0.1) is 0 Å². The zero-order valence-corrected chi connectivity index (χ0v) is 18.2. The van der Waals surface area contributed by atoms with Gasteiger partial charge in [0.15, 0.2) is 0 Å². The van der Waals surface area contributed by atoms with E-state index in [1.54, 1.807) is 0 Å². The van der Waals surface area contributed by atoms with Gasteiger partial charge in [0.1, 0.15) is 12.2 Å². The van der Waals surface area contributed by atoms with Gasteiger partial charge in [-0.05, 0) is 49.5 Å². The van der Waals surface area contributed by atoms with Gasteiger partial charge in [-0.1, -0.05) is 45.1 Å². The van der Waals surface area contributed by atoms with E-state index in [2.05, 4.69) is 25.2 Å². The predicted octanol–water partition coefficient (Wildman–Crippen LogP) is 4.46. The van der Waals surface area contributed by atoms with E-state index in [9.17, 15) is 14.4 Å². The van der Waals surface area contributed by atoms with Crippen LogP contribution in [0.4, 0.5) is 0 Å². The Hall–Kier alpha value is -2.37. The first-order valence-corrected chi connectivity index (χ1v) is 10.9. The normalized spacial score (nSPS) is 27.6. The molecule has 6 atom stereocenters. The molecule has 0 aromatic rings. The van der Waals surface area contributed by atoms with E-state index < -0.39 is 5.97 Å². The van der Waals surface area contributed by atoms with Crippen molar-refractivity contribution in [1.82, 2.24) is 0 Å². The molecule has 6 nitrogen and oxygen atoms in total. The first kappa shape index (κ1) is 23.9. The smallest absolute Gasteiger partial charge is 0.327 e. The van der Waals surface area contributed by atoms with Gasteiger partial charge in [-0.25, -0.2) is 4.79 Å². The van der Waals surface area contributed by atoms with E-state index in [1.165, 1.54) is 11.6 Å². The van der Waals surface area contributed by atoms with Crippen LogP contribution in [-0.4, -0.2) is 35.7 Å². The quantitative estimate of drug-likeness (QED) is 0.303. The summed E-state index contributed by atoms with van der Waals surface area (Å²) in [4.78, 5) is 34.0. The van der Waals surface area contributed by atoms with E-state index >= 15 is 0 Å². The molecule has 0 saturated heterocycles. The van der Waals surface area contributed by atoms with E-state index in [0.717, 1.165) is 31.8 Å². The fourth-order valence-corrected chi connectivity index (χ4v) is 4.40. The minimum atomic E-state index is -1.02. The van der Waals surface area contributed by atoms with Crippen molar-refractivity contribution >= 4 is 18.4 Å². The zero-order valence-electron chi connectivity index (χ0n) is 18.2. The van der Waals surface area contributed by atoms with Crippen molar-refractivity contribution in [2.45, 2.75) is 71.5 Å². The molecule has 1 unspecified atom stereocenters. The van der Waals surface area contributed by atoms with E-state index in [1.807, 2.05) is 13.8 Å². The number of fused-ring (bicyclic) bond motifs is 1. The molecular weight excluding hydrogens is 384 g/mol. The molecule has 0 aromatic heterocycles. The summed E-state index contributed by atoms with van der Waals surface area (Å²) in [5.74, 6) is -0.558. The number of hydrogen-bond donors (Lipinski definition) is 1. The van der Waals surface area contributed by atoms with Crippen LogP contribution in [0.15, 0.2) is 36.0 Å². The Kier molecular flexibility index (Phi) is 9.34. The second-order valence-electron chi connectivity index (χ2n) is 8.38. The molecule has 1 N–H and O–H groups in total. The third-order valence-electron chi connectivity index (χ3n) is 6.36. The van der Waals surface area contributed by atoms with Crippen LogP contribution in [0.3, 0.4) is 0 Å². The minimum absolute atomic E-state index is 0.110. The highest BCUT2D eigenvalue weighted by Crippen LogP contribution is 2.44. The van der Waals surface area contributed by atoms with Crippen LogP contribution in [0.1, 0.15) is 59.3 Å². The minimum Gasteiger partial charge on any atom is -0.478 e. The van der Waals surface area contributed by atoms with Gasteiger partial charge in [0.25, 0.3) is 6.47 Å². The van der Waals surface area contributed by atoms with Gasteiger partial charge in [0, 0.05) is 18.4 Å².